The van der Waals surface area contributed by atoms with Gasteiger partial charge in [0.15, 0.2) is 0 Å². The van der Waals surface area contributed by atoms with Gasteiger partial charge in [-0.2, -0.15) is 0 Å². The Bertz CT molecular complexity index is 848. The van der Waals surface area contributed by atoms with Gasteiger partial charge in [-0.1, -0.05) is 23.7 Å². The summed E-state index contributed by atoms with van der Waals surface area (Å²) in [4.78, 5) is 0.0639. The first-order valence-electron chi connectivity index (χ1n) is 7.94. The van der Waals surface area contributed by atoms with Crippen LogP contribution in [0.25, 0.3) is 0 Å². The second-order valence-corrected chi connectivity index (χ2v) is 8.12. The number of hydrogen-bond acceptors (Lipinski definition) is 4. The summed E-state index contributed by atoms with van der Waals surface area (Å²) >= 11 is 5.94. The molecule has 0 aliphatic heterocycles. The minimum atomic E-state index is -3.79. The molecule has 1 saturated carbocycles. The van der Waals surface area contributed by atoms with Crippen LogP contribution in [0.5, 0.6) is 11.5 Å². The lowest BCUT2D eigenvalue weighted by Gasteiger charge is -2.20. The summed E-state index contributed by atoms with van der Waals surface area (Å²) < 4.78 is 39.2. The van der Waals surface area contributed by atoms with Crippen molar-refractivity contribution < 1.29 is 17.9 Å². The lowest BCUT2D eigenvalue weighted by molar-refractivity contribution is 0.391. The lowest BCUT2D eigenvalue weighted by Crippen LogP contribution is -2.30. The van der Waals surface area contributed by atoms with Crippen molar-refractivity contribution in [2.45, 2.75) is 23.8 Å². The van der Waals surface area contributed by atoms with Gasteiger partial charge in [-0.05, 0) is 48.6 Å². The van der Waals surface area contributed by atoms with Crippen molar-refractivity contribution in [3.8, 4) is 11.5 Å². The van der Waals surface area contributed by atoms with Crippen molar-refractivity contribution in [1.82, 2.24) is 4.72 Å². The molecule has 7 heteroatoms. The minimum Gasteiger partial charge on any atom is -0.497 e. The fourth-order valence-corrected chi connectivity index (χ4v) is 4.36. The molecule has 0 aromatic heterocycles. The van der Waals surface area contributed by atoms with Gasteiger partial charge in [0.2, 0.25) is 10.0 Å². The molecule has 0 amide bonds. The van der Waals surface area contributed by atoms with E-state index in [1.165, 1.54) is 20.3 Å². The Morgan fingerprint density at radius 2 is 1.76 bits per heavy atom. The van der Waals surface area contributed by atoms with Gasteiger partial charge in [0.1, 0.15) is 16.4 Å². The third-order valence-corrected chi connectivity index (χ3v) is 5.98. The number of halogens is 1. The minimum absolute atomic E-state index is 0.0639. The third kappa shape index (κ3) is 4.08. The van der Waals surface area contributed by atoms with E-state index in [1.807, 2.05) is 12.1 Å². The molecule has 0 radical (unpaired) electrons. The first kappa shape index (κ1) is 18.0. The van der Waals surface area contributed by atoms with Crippen LogP contribution in [0.4, 0.5) is 0 Å². The molecule has 1 N–H and O–H groups in total. The summed E-state index contributed by atoms with van der Waals surface area (Å²) in [5.41, 5.74) is 0.900. The van der Waals surface area contributed by atoms with E-state index in [9.17, 15) is 8.42 Å². The predicted molar refractivity (Wildman–Crippen MR) is 96.8 cm³/mol. The van der Waals surface area contributed by atoms with E-state index < -0.39 is 10.0 Å². The summed E-state index contributed by atoms with van der Waals surface area (Å²) in [6.45, 7) is 0. The zero-order valence-electron chi connectivity index (χ0n) is 14.0. The number of benzene rings is 2. The summed E-state index contributed by atoms with van der Waals surface area (Å²) in [6, 6.07) is 11.7. The van der Waals surface area contributed by atoms with Gasteiger partial charge in [-0.3, -0.25) is 0 Å². The second kappa shape index (κ2) is 7.23. The molecule has 5 nitrogen and oxygen atoms in total. The van der Waals surface area contributed by atoms with Crippen LogP contribution >= 0.6 is 11.6 Å². The molecule has 0 spiro atoms. The SMILES string of the molecule is COc1ccc(OC)c(S(=O)(=O)NC(c2ccc(Cl)cc2)C2CC2)c1. The molecule has 134 valence electrons. The highest BCUT2D eigenvalue weighted by Crippen LogP contribution is 2.42. The molecule has 0 saturated heterocycles. The third-order valence-electron chi connectivity index (χ3n) is 4.26. The molecular formula is C18H20ClNO4S. The van der Waals surface area contributed by atoms with E-state index in [0.717, 1.165) is 18.4 Å². The lowest BCUT2D eigenvalue weighted by atomic mass is 10.0. The molecule has 2 aromatic rings. The Morgan fingerprint density at radius 3 is 2.32 bits per heavy atom. The van der Waals surface area contributed by atoms with Crippen LogP contribution in [0.2, 0.25) is 5.02 Å². The van der Waals surface area contributed by atoms with Gasteiger partial charge >= 0.3 is 0 Å². The normalized spacial score (nSPS) is 15.6. The topological polar surface area (TPSA) is 64.6 Å². The molecule has 1 aliphatic carbocycles. The monoisotopic (exact) mass is 381 g/mol. The van der Waals surface area contributed by atoms with Gasteiger partial charge in [0, 0.05) is 17.1 Å². The number of ether oxygens (including phenoxy) is 2. The molecule has 1 unspecified atom stereocenters. The van der Waals surface area contributed by atoms with Crippen LogP contribution in [0, 0.1) is 5.92 Å². The van der Waals surface area contributed by atoms with Crippen molar-refractivity contribution in [2.75, 3.05) is 14.2 Å². The standard InChI is InChI=1S/C18H20ClNO4S/c1-23-15-9-10-16(24-2)17(11-15)25(21,22)20-18(12-3-4-12)13-5-7-14(19)8-6-13/h5-12,18,20H,3-4H2,1-2H3. The zero-order chi connectivity index (χ0) is 18.0. The van der Waals surface area contributed by atoms with E-state index in [4.69, 9.17) is 21.1 Å². The van der Waals surface area contributed by atoms with Gasteiger partial charge in [0.25, 0.3) is 0 Å². The maximum Gasteiger partial charge on any atom is 0.244 e. The van der Waals surface area contributed by atoms with E-state index in [0.29, 0.717) is 10.8 Å². The van der Waals surface area contributed by atoms with Crippen molar-refractivity contribution in [3.05, 3.63) is 53.1 Å². The first-order chi connectivity index (χ1) is 11.9. The van der Waals surface area contributed by atoms with E-state index in [1.54, 1.807) is 24.3 Å². The number of methoxy groups -OCH3 is 2. The van der Waals surface area contributed by atoms with E-state index in [-0.39, 0.29) is 22.6 Å². The fourth-order valence-electron chi connectivity index (χ4n) is 2.76. The van der Waals surface area contributed by atoms with Crippen molar-refractivity contribution in [3.63, 3.8) is 0 Å². The van der Waals surface area contributed by atoms with Gasteiger partial charge in [-0.25, -0.2) is 13.1 Å². The van der Waals surface area contributed by atoms with Gasteiger partial charge in [-0.15, -0.1) is 0 Å². The molecule has 1 atom stereocenters. The maximum absolute atomic E-state index is 13.0. The molecule has 25 heavy (non-hydrogen) atoms. The van der Waals surface area contributed by atoms with Crippen LogP contribution in [-0.4, -0.2) is 22.6 Å². The highest BCUT2D eigenvalue weighted by molar-refractivity contribution is 7.89. The smallest absolute Gasteiger partial charge is 0.244 e. The summed E-state index contributed by atoms with van der Waals surface area (Å²) in [6.07, 6.45) is 1.98. The molecule has 0 heterocycles. The molecule has 2 aromatic carbocycles. The average molecular weight is 382 g/mol. The van der Waals surface area contributed by atoms with Crippen molar-refractivity contribution >= 4 is 21.6 Å². The summed E-state index contributed by atoms with van der Waals surface area (Å²) in [5, 5.41) is 0.621. The second-order valence-electron chi connectivity index (χ2n) is 6.00. The molecular weight excluding hydrogens is 362 g/mol. The fraction of sp³-hybridized carbons (Fsp3) is 0.333. The van der Waals surface area contributed by atoms with Crippen LogP contribution < -0.4 is 14.2 Å². The number of nitrogens with one attached hydrogen (secondary N) is 1. The Hall–Kier alpha value is -1.76. The van der Waals surface area contributed by atoms with Crippen LogP contribution in [-0.2, 0) is 10.0 Å². The average Bonchev–Trinajstić information content (AvgIpc) is 3.45. The highest BCUT2D eigenvalue weighted by Gasteiger charge is 2.36. The molecule has 1 fully saturated rings. The molecule has 3 rings (SSSR count). The number of hydrogen-bond donors (Lipinski definition) is 1. The Morgan fingerprint density at radius 1 is 1.08 bits per heavy atom. The summed E-state index contributed by atoms with van der Waals surface area (Å²) in [5.74, 6) is 1.02. The first-order valence-corrected chi connectivity index (χ1v) is 9.80. The van der Waals surface area contributed by atoms with Crippen LogP contribution in [0.1, 0.15) is 24.4 Å². The Labute approximate surface area is 153 Å². The largest absolute Gasteiger partial charge is 0.497 e. The van der Waals surface area contributed by atoms with Crippen LogP contribution in [0.15, 0.2) is 47.4 Å². The predicted octanol–water partition coefficient (Wildman–Crippen LogP) is 3.79. The summed E-state index contributed by atoms with van der Waals surface area (Å²) in [7, 11) is -0.851. The van der Waals surface area contributed by atoms with Crippen molar-refractivity contribution in [1.29, 1.82) is 0 Å². The molecule has 1 aliphatic rings. The van der Waals surface area contributed by atoms with E-state index >= 15 is 0 Å². The number of sulfonamides is 1. The molecule has 0 bridgehead atoms. The zero-order valence-corrected chi connectivity index (χ0v) is 15.6. The quantitative estimate of drug-likeness (QED) is 0.792. The van der Waals surface area contributed by atoms with Crippen molar-refractivity contribution in [2.24, 2.45) is 5.92 Å². The van der Waals surface area contributed by atoms with Crippen LogP contribution in [0.3, 0.4) is 0 Å². The van der Waals surface area contributed by atoms with E-state index in [2.05, 4.69) is 4.72 Å². The van der Waals surface area contributed by atoms with Gasteiger partial charge in [0.05, 0.1) is 14.2 Å². The number of rotatable bonds is 7. The maximum atomic E-state index is 13.0. The Kier molecular flexibility index (Phi) is 5.22. The van der Waals surface area contributed by atoms with Gasteiger partial charge < -0.3 is 9.47 Å². The Balaban J connectivity index is 1.95. The highest BCUT2D eigenvalue weighted by atomic mass is 35.5.